The molecule has 0 saturated carbocycles. The highest BCUT2D eigenvalue weighted by Crippen LogP contribution is 2.32. The van der Waals surface area contributed by atoms with Crippen molar-refractivity contribution in [1.29, 1.82) is 0 Å². The predicted octanol–water partition coefficient (Wildman–Crippen LogP) is 3.35. The molecule has 0 aliphatic carbocycles. The molecule has 17 heavy (non-hydrogen) atoms. The molecule has 0 aliphatic rings. The zero-order valence-electron chi connectivity index (χ0n) is 9.67. The summed E-state index contributed by atoms with van der Waals surface area (Å²) in [7, 11) is 0. The van der Waals surface area contributed by atoms with Crippen LogP contribution >= 0.6 is 23.2 Å². The van der Waals surface area contributed by atoms with E-state index in [0.29, 0.717) is 17.7 Å². The smallest absolute Gasteiger partial charge is 0.153 e. The molecule has 0 heterocycles. The maximum atomic E-state index is 10.9. The van der Waals surface area contributed by atoms with E-state index in [0.717, 1.165) is 0 Å². The van der Waals surface area contributed by atoms with Gasteiger partial charge < -0.3 is 9.84 Å². The SMILES string of the molecule is CCC(C)(O)COc1c(Cl)cc(Cl)cc1C=O. The Morgan fingerprint density at radius 2 is 2.12 bits per heavy atom. The van der Waals surface area contributed by atoms with Gasteiger partial charge in [0.25, 0.3) is 0 Å². The average Bonchev–Trinajstić information content (AvgIpc) is 2.26. The van der Waals surface area contributed by atoms with Gasteiger partial charge in [-0.3, -0.25) is 4.79 Å². The van der Waals surface area contributed by atoms with Crippen molar-refractivity contribution in [2.24, 2.45) is 0 Å². The molecule has 0 bridgehead atoms. The molecule has 1 aromatic carbocycles. The van der Waals surface area contributed by atoms with Crippen molar-refractivity contribution in [3.63, 3.8) is 0 Å². The number of carbonyl (C=O) groups is 1. The van der Waals surface area contributed by atoms with Gasteiger partial charge in [-0.25, -0.2) is 0 Å². The van der Waals surface area contributed by atoms with Crippen LogP contribution in [-0.2, 0) is 0 Å². The molecule has 1 rings (SSSR count). The molecule has 5 heteroatoms. The maximum Gasteiger partial charge on any atom is 0.153 e. The summed E-state index contributed by atoms with van der Waals surface area (Å²) < 4.78 is 5.40. The van der Waals surface area contributed by atoms with Crippen LogP contribution in [0.4, 0.5) is 0 Å². The Hall–Kier alpha value is -0.770. The molecule has 0 spiro atoms. The van der Waals surface area contributed by atoms with Crippen molar-refractivity contribution in [2.45, 2.75) is 25.9 Å². The molecule has 3 nitrogen and oxygen atoms in total. The molecule has 94 valence electrons. The lowest BCUT2D eigenvalue weighted by Gasteiger charge is -2.22. The Labute approximate surface area is 110 Å². The second-order valence-electron chi connectivity index (χ2n) is 4.06. The molecule has 0 aliphatic heterocycles. The third kappa shape index (κ3) is 3.87. The minimum atomic E-state index is -0.955. The molecule has 1 N–H and O–H groups in total. The standard InChI is InChI=1S/C12H14Cl2O3/c1-3-12(2,16)7-17-11-8(6-15)4-9(13)5-10(11)14/h4-6,16H,3,7H2,1-2H3. The van der Waals surface area contributed by atoms with E-state index in [9.17, 15) is 9.90 Å². The van der Waals surface area contributed by atoms with Gasteiger partial charge in [-0.1, -0.05) is 30.1 Å². The summed E-state index contributed by atoms with van der Waals surface area (Å²) in [6.07, 6.45) is 1.16. The normalized spacial score (nSPS) is 14.2. The van der Waals surface area contributed by atoms with E-state index in [1.807, 2.05) is 6.92 Å². The van der Waals surface area contributed by atoms with Crippen LogP contribution < -0.4 is 4.74 Å². The fraction of sp³-hybridized carbons (Fsp3) is 0.417. The number of aldehydes is 1. The van der Waals surface area contributed by atoms with Gasteiger partial charge in [-0.05, 0) is 25.5 Å². The summed E-state index contributed by atoms with van der Waals surface area (Å²) in [5, 5.41) is 10.4. The van der Waals surface area contributed by atoms with E-state index in [2.05, 4.69) is 0 Å². The highest BCUT2D eigenvalue weighted by molar-refractivity contribution is 6.36. The zero-order chi connectivity index (χ0) is 13.1. The third-order valence-corrected chi connectivity index (χ3v) is 2.95. The van der Waals surface area contributed by atoms with E-state index < -0.39 is 5.60 Å². The van der Waals surface area contributed by atoms with Crippen molar-refractivity contribution in [3.8, 4) is 5.75 Å². The van der Waals surface area contributed by atoms with Gasteiger partial charge in [0.15, 0.2) is 6.29 Å². The monoisotopic (exact) mass is 276 g/mol. The molecule has 0 fully saturated rings. The fourth-order valence-electron chi connectivity index (χ4n) is 1.15. The van der Waals surface area contributed by atoms with Gasteiger partial charge >= 0.3 is 0 Å². The van der Waals surface area contributed by atoms with Crippen LogP contribution in [0.15, 0.2) is 12.1 Å². The Morgan fingerprint density at radius 1 is 1.47 bits per heavy atom. The lowest BCUT2D eigenvalue weighted by atomic mass is 10.1. The molecular formula is C12H14Cl2O3. The molecule has 1 atom stereocenters. The van der Waals surface area contributed by atoms with E-state index >= 15 is 0 Å². The number of benzene rings is 1. The van der Waals surface area contributed by atoms with Crippen LogP contribution in [0.2, 0.25) is 10.0 Å². The van der Waals surface area contributed by atoms with E-state index in [-0.39, 0.29) is 22.9 Å². The molecular weight excluding hydrogens is 263 g/mol. The number of hydrogen-bond acceptors (Lipinski definition) is 3. The van der Waals surface area contributed by atoms with Gasteiger partial charge in [-0.15, -0.1) is 0 Å². The Bertz CT molecular complexity index is 416. The largest absolute Gasteiger partial charge is 0.488 e. The first-order chi connectivity index (χ1) is 7.89. The lowest BCUT2D eigenvalue weighted by Crippen LogP contribution is -2.31. The first-order valence-corrected chi connectivity index (χ1v) is 5.94. The Balaban J connectivity index is 2.94. The number of ether oxygens (including phenoxy) is 1. The number of rotatable bonds is 5. The topological polar surface area (TPSA) is 46.5 Å². The Morgan fingerprint density at radius 3 is 2.65 bits per heavy atom. The summed E-state index contributed by atoms with van der Waals surface area (Å²) >= 11 is 11.7. The summed E-state index contributed by atoms with van der Waals surface area (Å²) in [4.78, 5) is 10.9. The summed E-state index contributed by atoms with van der Waals surface area (Å²) in [6, 6.07) is 2.96. The fourth-order valence-corrected chi connectivity index (χ4v) is 1.71. The quantitative estimate of drug-likeness (QED) is 0.839. The van der Waals surface area contributed by atoms with Gasteiger partial charge in [0, 0.05) is 5.02 Å². The van der Waals surface area contributed by atoms with Gasteiger partial charge in [-0.2, -0.15) is 0 Å². The van der Waals surface area contributed by atoms with E-state index in [1.54, 1.807) is 6.92 Å². The van der Waals surface area contributed by atoms with Crippen LogP contribution in [0, 0.1) is 0 Å². The second kappa shape index (κ2) is 5.71. The highest BCUT2D eigenvalue weighted by atomic mass is 35.5. The summed E-state index contributed by atoms with van der Waals surface area (Å²) in [6.45, 7) is 3.55. The molecule has 1 unspecified atom stereocenters. The van der Waals surface area contributed by atoms with Gasteiger partial charge in [0.05, 0.1) is 16.2 Å². The zero-order valence-corrected chi connectivity index (χ0v) is 11.2. The predicted molar refractivity (Wildman–Crippen MR) is 68.3 cm³/mol. The van der Waals surface area contributed by atoms with Crippen LogP contribution in [-0.4, -0.2) is 23.6 Å². The third-order valence-electron chi connectivity index (χ3n) is 2.45. The molecule has 0 radical (unpaired) electrons. The van der Waals surface area contributed by atoms with Crippen molar-refractivity contribution >= 4 is 29.5 Å². The molecule has 0 aromatic heterocycles. The van der Waals surface area contributed by atoms with Crippen molar-refractivity contribution in [1.82, 2.24) is 0 Å². The van der Waals surface area contributed by atoms with Crippen molar-refractivity contribution in [3.05, 3.63) is 27.7 Å². The van der Waals surface area contributed by atoms with Crippen molar-refractivity contribution in [2.75, 3.05) is 6.61 Å². The van der Waals surface area contributed by atoms with Gasteiger partial charge in [0.1, 0.15) is 12.4 Å². The molecule has 1 aromatic rings. The average molecular weight is 277 g/mol. The number of carbonyl (C=O) groups excluding carboxylic acids is 1. The summed E-state index contributed by atoms with van der Waals surface area (Å²) in [5.41, 5.74) is -0.683. The maximum absolute atomic E-state index is 10.9. The highest BCUT2D eigenvalue weighted by Gasteiger charge is 2.20. The van der Waals surface area contributed by atoms with E-state index in [4.69, 9.17) is 27.9 Å². The number of aliphatic hydroxyl groups is 1. The van der Waals surface area contributed by atoms with Crippen LogP contribution in [0.1, 0.15) is 30.6 Å². The minimum absolute atomic E-state index is 0.0612. The second-order valence-corrected chi connectivity index (χ2v) is 4.91. The molecule has 0 amide bonds. The van der Waals surface area contributed by atoms with Crippen LogP contribution in [0.25, 0.3) is 0 Å². The van der Waals surface area contributed by atoms with Gasteiger partial charge in [0.2, 0.25) is 0 Å². The number of hydrogen-bond donors (Lipinski definition) is 1. The summed E-state index contributed by atoms with van der Waals surface area (Å²) in [5.74, 6) is 0.250. The number of halogens is 2. The van der Waals surface area contributed by atoms with Crippen molar-refractivity contribution < 1.29 is 14.6 Å². The Kier molecular flexibility index (Phi) is 4.80. The van der Waals surface area contributed by atoms with E-state index in [1.165, 1.54) is 12.1 Å². The molecule has 0 saturated heterocycles. The minimum Gasteiger partial charge on any atom is -0.488 e. The first kappa shape index (κ1) is 14.3. The lowest BCUT2D eigenvalue weighted by molar-refractivity contribution is 0.00830. The van der Waals surface area contributed by atoms with Crippen LogP contribution in [0.3, 0.4) is 0 Å². The first-order valence-electron chi connectivity index (χ1n) is 5.19. The van der Waals surface area contributed by atoms with Crippen LogP contribution in [0.5, 0.6) is 5.75 Å².